The normalized spacial score (nSPS) is 10.1. The molecule has 0 unspecified atom stereocenters. The first-order chi connectivity index (χ1) is 8.25. The van der Waals surface area contributed by atoms with Gasteiger partial charge in [0.05, 0.1) is 5.56 Å². The topological polar surface area (TPSA) is 50.2 Å². The third kappa shape index (κ3) is 3.14. The van der Waals surface area contributed by atoms with Crippen LogP contribution in [0.1, 0.15) is 21.5 Å². The molecule has 0 spiro atoms. The number of aryl methyl sites for hydroxylation is 2. The number of carboxylic acids is 1. The Bertz CT molecular complexity index is 509. The summed E-state index contributed by atoms with van der Waals surface area (Å²) in [5.41, 5.74) is 2.60. The molecule has 1 aromatic carbocycles. The maximum atomic E-state index is 10.8. The summed E-state index contributed by atoms with van der Waals surface area (Å²) in [7, 11) is 0. The van der Waals surface area contributed by atoms with Crippen molar-refractivity contribution in [3.8, 4) is 0 Å². The van der Waals surface area contributed by atoms with Crippen LogP contribution >= 0.6 is 0 Å². The van der Waals surface area contributed by atoms with Gasteiger partial charge in [0.1, 0.15) is 0 Å². The largest absolute Gasteiger partial charge is 0.478 e. The lowest BCUT2D eigenvalue weighted by Gasteiger charge is -2.03. The summed E-state index contributed by atoms with van der Waals surface area (Å²) >= 11 is 0. The van der Waals surface area contributed by atoms with Gasteiger partial charge in [-0.15, -0.1) is 0 Å². The molecule has 0 aliphatic heterocycles. The van der Waals surface area contributed by atoms with Crippen LogP contribution in [0.4, 0.5) is 0 Å². The molecular formula is C14H13NO2. The van der Waals surface area contributed by atoms with Crippen molar-refractivity contribution in [1.29, 1.82) is 0 Å². The van der Waals surface area contributed by atoms with Gasteiger partial charge in [0.25, 0.3) is 0 Å². The molecule has 1 aromatic heterocycles. The van der Waals surface area contributed by atoms with E-state index in [1.54, 1.807) is 30.6 Å². The number of aromatic carboxylic acids is 1. The van der Waals surface area contributed by atoms with E-state index in [1.165, 1.54) is 5.56 Å². The highest BCUT2D eigenvalue weighted by Crippen LogP contribution is 2.09. The standard InChI is InChI=1S/C14H13NO2/c16-14(17)13-3-1-2-12(10-13)5-4-11-6-8-15-9-7-11/h1-3,6-10H,4-5H2,(H,16,17). The van der Waals surface area contributed by atoms with Gasteiger partial charge in [0.15, 0.2) is 0 Å². The van der Waals surface area contributed by atoms with Gasteiger partial charge in [-0.05, 0) is 48.2 Å². The Morgan fingerprint density at radius 1 is 1.06 bits per heavy atom. The van der Waals surface area contributed by atoms with E-state index in [0.717, 1.165) is 18.4 Å². The van der Waals surface area contributed by atoms with Crippen molar-refractivity contribution >= 4 is 5.97 Å². The molecule has 0 amide bonds. The molecule has 1 N–H and O–H groups in total. The maximum Gasteiger partial charge on any atom is 0.335 e. The predicted molar refractivity (Wildman–Crippen MR) is 65.0 cm³/mol. The lowest BCUT2D eigenvalue weighted by Crippen LogP contribution is -1.98. The van der Waals surface area contributed by atoms with Crippen LogP contribution in [0.2, 0.25) is 0 Å². The number of benzene rings is 1. The van der Waals surface area contributed by atoms with Crippen molar-refractivity contribution in [2.75, 3.05) is 0 Å². The van der Waals surface area contributed by atoms with Gasteiger partial charge in [-0.3, -0.25) is 4.98 Å². The Morgan fingerprint density at radius 3 is 2.47 bits per heavy atom. The van der Waals surface area contributed by atoms with E-state index in [1.807, 2.05) is 18.2 Å². The zero-order chi connectivity index (χ0) is 12.1. The minimum Gasteiger partial charge on any atom is -0.478 e. The fourth-order valence-electron chi connectivity index (χ4n) is 1.70. The quantitative estimate of drug-likeness (QED) is 0.873. The van der Waals surface area contributed by atoms with E-state index in [0.29, 0.717) is 5.56 Å². The van der Waals surface area contributed by atoms with Crippen LogP contribution in [-0.4, -0.2) is 16.1 Å². The smallest absolute Gasteiger partial charge is 0.335 e. The first kappa shape index (κ1) is 11.3. The molecule has 2 aromatic rings. The lowest BCUT2D eigenvalue weighted by molar-refractivity contribution is 0.0697. The van der Waals surface area contributed by atoms with E-state index < -0.39 is 5.97 Å². The number of hydrogen-bond donors (Lipinski definition) is 1. The highest BCUT2D eigenvalue weighted by Gasteiger charge is 2.03. The van der Waals surface area contributed by atoms with Gasteiger partial charge < -0.3 is 5.11 Å². The average molecular weight is 227 g/mol. The Kier molecular flexibility index (Phi) is 3.50. The van der Waals surface area contributed by atoms with Gasteiger partial charge in [-0.1, -0.05) is 12.1 Å². The van der Waals surface area contributed by atoms with Crippen molar-refractivity contribution < 1.29 is 9.90 Å². The molecule has 0 aliphatic carbocycles. The predicted octanol–water partition coefficient (Wildman–Crippen LogP) is 2.57. The molecule has 0 atom stereocenters. The molecule has 0 saturated heterocycles. The zero-order valence-electron chi connectivity index (χ0n) is 9.34. The molecule has 0 aliphatic rings. The van der Waals surface area contributed by atoms with Crippen LogP contribution in [0.25, 0.3) is 0 Å². The van der Waals surface area contributed by atoms with Crippen LogP contribution in [0.3, 0.4) is 0 Å². The fourth-order valence-corrected chi connectivity index (χ4v) is 1.70. The zero-order valence-corrected chi connectivity index (χ0v) is 9.34. The van der Waals surface area contributed by atoms with Crippen LogP contribution in [-0.2, 0) is 12.8 Å². The van der Waals surface area contributed by atoms with E-state index in [2.05, 4.69) is 4.98 Å². The van der Waals surface area contributed by atoms with E-state index >= 15 is 0 Å². The summed E-state index contributed by atoms with van der Waals surface area (Å²) < 4.78 is 0. The first-order valence-electron chi connectivity index (χ1n) is 5.47. The van der Waals surface area contributed by atoms with Gasteiger partial charge in [-0.25, -0.2) is 4.79 Å². The molecule has 0 saturated carbocycles. The number of pyridine rings is 1. The molecule has 0 radical (unpaired) electrons. The van der Waals surface area contributed by atoms with Crippen LogP contribution in [0.5, 0.6) is 0 Å². The number of hydrogen-bond acceptors (Lipinski definition) is 2. The van der Waals surface area contributed by atoms with Crippen molar-refractivity contribution in [3.63, 3.8) is 0 Å². The summed E-state index contributed by atoms with van der Waals surface area (Å²) in [6, 6.07) is 11.0. The van der Waals surface area contributed by atoms with E-state index in [-0.39, 0.29) is 0 Å². The number of rotatable bonds is 4. The molecular weight excluding hydrogens is 214 g/mol. The minimum atomic E-state index is -0.879. The van der Waals surface area contributed by atoms with Crippen molar-refractivity contribution in [1.82, 2.24) is 4.98 Å². The number of carbonyl (C=O) groups is 1. The SMILES string of the molecule is O=C(O)c1cccc(CCc2ccncc2)c1. The monoisotopic (exact) mass is 227 g/mol. The third-order valence-electron chi connectivity index (χ3n) is 2.63. The molecule has 0 bridgehead atoms. The van der Waals surface area contributed by atoms with E-state index in [4.69, 9.17) is 5.11 Å². The highest BCUT2D eigenvalue weighted by molar-refractivity contribution is 5.87. The summed E-state index contributed by atoms with van der Waals surface area (Å²) in [6.07, 6.45) is 5.27. The minimum absolute atomic E-state index is 0.345. The van der Waals surface area contributed by atoms with Crippen molar-refractivity contribution in [2.45, 2.75) is 12.8 Å². The van der Waals surface area contributed by atoms with Crippen molar-refractivity contribution in [3.05, 3.63) is 65.5 Å². The van der Waals surface area contributed by atoms with Crippen molar-refractivity contribution in [2.24, 2.45) is 0 Å². The summed E-state index contributed by atoms with van der Waals surface area (Å²) in [4.78, 5) is 14.8. The number of carboxylic acid groups (broad SMARTS) is 1. The molecule has 0 fully saturated rings. The Balaban J connectivity index is 2.04. The van der Waals surface area contributed by atoms with Crippen LogP contribution in [0, 0.1) is 0 Å². The fraction of sp³-hybridized carbons (Fsp3) is 0.143. The molecule has 86 valence electrons. The number of nitrogens with zero attached hydrogens (tertiary/aromatic N) is 1. The third-order valence-corrected chi connectivity index (χ3v) is 2.63. The Morgan fingerprint density at radius 2 is 1.76 bits per heavy atom. The Labute approximate surface area is 99.8 Å². The van der Waals surface area contributed by atoms with Gasteiger partial charge in [0, 0.05) is 12.4 Å². The molecule has 3 heteroatoms. The highest BCUT2D eigenvalue weighted by atomic mass is 16.4. The van der Waals surface area contributed by atoms with Crippen LogP contribution in [0.15, 0.2) is 48.8 Å². The second-order valence-electron chi connectivity index (χ2n) is 3.86. The molecule has 17 heavy (non-hydrogen) atoms. The summed E-state index contributed by atoms with van der Waals surface area (Å²) in [5, 5.41) is 8.89. The second kappa shape index (κ2) is 5.25. The molecule has 1 heterocycles. The second-order valence-corrected chi connectivity index (χ2v) is 3.86. The van der Waals surface area contributed by atoms with E-state index in [9.17, 15) is 4.79 Å². The summed E-state index contributed by atoms with van der Waals surface area (Å²) in [6.45, 7) is 0. The maximum absolute atomic E-state index is 10.8. The van der Waals surface area contributed by atoms with Gasteiger partial charge in [0.2, 0.25) is 0 Å². The van der Waals surface area contributed by atoms with Gasteiger partial charge in [-0.2, -0.15) is 0 Å². The van der Waals surface area contributed by atoms with Gasteiger partial charge >= 0.3 is 5.97 Å². The van der Waals surface area contributed by atoms with Crippen LogP contribution < -0.4 is 0 Å². The molecule has 3 nitrogen and oxygen atoms in total. The average Bonchev–Trinajstić information content (AvgIpc) is 2.38. The summed E-state index contributed by atoms with van der Waals surface area (Å²) in [5.74, 6) is -0.879. The number of aromatic nitrogens is 1. The molecule has 2 rings (SSSR count). The lowest BCUT2D eigenvalue weighted by atomic mass is 10.0. The Hall–Kier alpha value is -2.16. The first-order valence-corrected chi connectivity index (χ1v) is 5.47.